The van der Waals surface area contributed by atoms with Crippen LogP contribution < -0.4 is 10.1 Å². The number of hydrogen-bond acceptors (Lipinski definition) is 2. The molecule has 0 aromatic heterocycles. The topological polar surface area (TPSA) is 21.3 Å². The minimum absolute atomic E-state index is 0.318. The van der Waals surface area contributed by atoms with Crippen LogP contribution in [0.3, 0.4) is 0 Å². The molecule has 2 rings (SSSR count). The average Bonchev–Trinajstić information content (AvgIpc) is 2.43. The highest BCUT2D eigenvalue weighted by molar-refractivity contribution is 5.45. The van der Waals surface area contributed by atoms with Gasteiger partial charge in [0.15, 0.2) is 0 Å². The molecule has 0 aliphatic carbocycles. The molecule has 2 heteroatoms. The molecule has 0 saturated carbocycles. The Morgan fingerprint density at radius 2 is 1.80 bits per heavy atom. The van der Waals surface area contributed by atoms with Crippen LogP contribution in [0.4, 0.5) is 0 Å². The fourth-order valence-electron chi connectivity index (χ4n) is 2.25. The van der Waals surface area contributed by atoms with E-state index < -0.39 is 0 Å². The molecule has 2 nitrogen and oxygen atoms in total. The van der Waals surface area contributed by atoms with Crippen LogP contribution in [0.2, 0.25) is 0 Å². The lowest BCUT2D eigenvalue weighted by atomic mass is 10.1. The van der Waals surface area contributed by atoms with Crippen molar-refractivity contribution in [1.29, 1.82) is 0 Å². The van der Waals surface area contributed by atoms with Crippen molar-refractivity contribution in [3.63, 3.8) is 0 Å². The lowest BCUT2D eigenvalue weighted by Crippen LogP contribution is -2.12. The number of ether oxygens (including phenoxy) is 1. The summed E-state index contributed by atoms with van der Waals surface area (Å²) in [5.74, 6) is 1.83. The fourth-order valence-corrected chi connectivity index (χ4v) is 2.25. The highest BCUT2D eigenvalue weighted by Crippen LogP contribution is 2.29. The standard InChI is InChI=1S/C18H23NO/c1-12-9-13(2)14(3)18(10-12)20-17-8-6-7-16(11-17)15(4)19-5/h6-11,15,19H,1-5H3. The zero-order valence-corrected chi connectivity index (χ0v) is 12.9. The number of nitrogens with one attached hydrogen (secondary N) is 1. The zero-order valence-electron chi connectivity index (χ0n) is 12.9. The lowest BCUT2D eigenvalue weighted by molar-refractivity contribution is 0.476. The quantitative estimate of drug-likeness (QED) is 0.869. The first-order valence-electron chi connectivity index (χ1n) is 7.04. The molecule has 0 aliphatic heterocycles. The van der Waals surface area contributed by atoms with Gasteiger partial charge in [0.2, 0.25) is 0 Å². The van der Waals surface area contributed by atoms with E-state index in [0.29, 0.717) is 6.04 Å². The van der Waals surface area contributed by atoms with Crippen LogP contribution in [-0.4, -0.2) is 7.05 Å². The maximum atomic E-state index is 6.08. The van der Waals surface area contributed by atoms with Crippen molar-refractivity contribution in [2.45, 2.75) is 33.7 Å². The molecule has 2 aromatic rings. The third-order valence-corrected chi connectivity index (χ3v) is 3.78. The van der Waals surface area contributed by atoms with Gasteiger partial charge in [-0.1, -0.05) is 18.2 Å². The molecule has 0 fully saturated rings. The SMILES string of the molecule is CNC(C)c1cccc(Oc2cc(C)cc(C)c2C)c1. The van der Waals surface area contributed by atoms with Gasteiger partial charge in [-0.3, -0.25) is 0 Å². The summed E-state index contributed by atoms with van der Waals surface area (Å²) < 4.78 is 6.08. The maximum Gasteiger partial charge on any atom is 0.130 e. The minimum atomic E-state index is 0.318. The highest BCUT2D eigenvalue weighted by atomic mass is 16.5. The van der Waals surface area contributed by atoms with Crippen molar-refractivity contribution in [3.8, 4) is 11.5 Å². The summed E-state index contributed by atoms with van der Waals surface area (Å²) in [5, 5.41) is 3.25. The Morgan fingerprint density at radius 1 is 1.05 bits per heavy atom. The summed E-state index contributed by atoms with van der Waals surface area (Å²) in [7, 11) is 1.96. The van der Waals surface area contributed by atoms with E-state index in [1.807, 2.05) is 19.2 Å². The van der Waals surface area contributed by atoms with Crippen LogP contribution in [0.15, 0.2) is 36.4 Å². The molecule has 20 heavy (non-hydrogen) atoms. The van der Waals surface area contributed by atoms with Crippen molar-refractivity contribution < 1.29 is 4.74 Å². The summed E-state index contributed by atoms with van der Waals surface area (Å²) in [6.07, 6.45) is 0. The zero-order chi connectivity index (χ0) is 14.7. The van der Waals surface area contributed by atoms with Gasteiger partial charge in [-0.2, -0.15) is 0 Å². The Balaban J connectivity index is 2.31. The summed E-state index contributed by atoms with van der Waals surface area (Å²) in [6.45, 7) is 8.46. The molecule has 0 amide bonds. The Kier molecular flexibility index (Phi) is 4.46. The summed E-state index contributed by atoms with van der Waals surface area (Å²) in [6, 6.07) is 12.8. The van der Waals surface area contributed by atoms with E-state index in [4.69, 9.17) is 4.74 Å². The fraction of sp³-hybridized carbons (Fsp3) is 0.333. The smallest absolute Gasteiger partial charge is 0.130 e. The predicted octanol–water partition coefficient (Wildman–Crippen LogP) is 4.68. The summed E-state index contributed by atoms with van der Waals surface area (Å²) >= 11 is 0. The van der Waals surface area contributed by atoms with E-state index >= 15 is 0 Å². The summed E-state index contributed by atoms with van der Waals surface area (Å²) in [5.41, 5.74) is 4.91. The second-order valence-electron chi connectivity index (χ2n) is 5.39. The van der Waals surface area contributed by atoms with Gasteiger partial charge in [-0.25, -0.2) is 0 Å². The Morgan fingerprint density at radius 3 is 2.50 bits per heavy atom. The van der Waals surface area contributed by atoms with Crippen molar-refractivity contribution in [3.05, 3.63) is 58.7 Å². The van der Waals surface area contributed by atoms with E-state index in [0.717, 1.165) is 11.5 Å². The van der Waals surface area contributed by atoms with Gasteiger partial charge < -0.3 is 10.1 Å². The molecule has 0 bridgehead atoms. The van der Waals surface area contributed by atoms with Crippen LogP contribution in [0.25, 0.3) is 0 Å². The number of benzene rings is 2. The molecule has 0 aliphatic rings. The van der Waals surface area contributed by atoms with Gasteiger partial charge in [0.25, 0.3) is 0 Å². The molecular weight excluding hydrogens is 246 g/mol. The molecular formula is C18H23NO. The number of aryl methyl sites for hydroxylation is 2. The van der Waals surface area contributed by atoms with Crippen molar-refractivity contribution >= 4 is 0 Å². The van der Waals surface area contributed by atoms with Crippen LogP contribution in [0.5, 0.6) is 11.5 Å². The highest BCUT2D eigenvalue weighted by Gasteiger charge is 2.07. The molecule has 1 atom stereocenters. The number of rotatable bonds is 4. The van der Waals surface area contributed by atoms with Gasteiger partial charge in [-0.15, -0.1) is 0 Å². The van der Waals surface area contributed by atoms with Gasteiger partial charge in [0.1, 0.15) is 11.5 Å². The molecule has 0 spiro atoms. The molecule has 1 N–H and O–H groups in total. The largest absolute Gasteiger partial charge is 0.457 e. The van der Waals surface area contributed by atoms with Crippen molar-refractivity contribution in [2.24, 2.45) is 0 Å². The van der Waals surface area contributed by atoms with Crippen LogP contribution >= 0.6 is 0 Å². The molecule has 106 valence electrons. The van der Waals surface area contributed by atoms with E-state index in [-0.39, 0.29) is 0 Å². The second-order valence-corrected chi connectivity index (χ2v) is 5.39. The van der Waals surface area contributed by atoms with Crippen molar-refractivity contribution in [1.82, 2.24) is 5.32 Å². The van der Waals surface area contributed by atoms with Gasteiger partial charge in [0.05, 0.1) is 0 Å². The molecule has 0 heterocycles. The first-order chi connectivity index (χ1) is 9.51. The van der Waals surface area contributed by atoms with Gasteiger partial charge in [-0.05, 0) is 75.2 Å². The van der Waals surface area contributed by atoms with Crippen LogP contribution in [-0.2, 0) is 0 Å². The third-order valence-electron chi connectivity index (χ3n) is 3.78. The first-order valence-corrected chi connectivity index (χ1v) is 7.04. The first kappa shape index (κ1) is 14.6. The monoisotopic (exact) mass is 269 g/mol. The van der Waals surface area contributed by atoms with Crippen molar-refractivity contribution in [2.75, 3.05) is 7.05 Å². The van der Waals surface area contributed by atoms with E-state index in [1.54, 1.807) is 0 Å². The second kappa shape index (κ2) is 6.10. The van der Waals surface area contributed by atoms with E-state index in [9.17, 15) is 0 Å². The average molecular weight is 269 g/mol. The Bertz CT molecular complexity index is 604. The van der Waals surface area contributed by atoms with Crippen LogP contribution in [0, 0.1) is 20.8 Å². The molecule has 0 saturated heterocycles. The third kappa shape index (κ3) is 3.20. The van der Waals surface area contributed by atoms with Gasteiger partial charge >= 0.3 is 0 Å². The number of hydrogen-bond donors (Lipinski definition) is 1. The molecule has 0 radical (unpaired) electrons. The van der Waals surface area contributed by atoms with E-state index in [2.05, 4.69) is 57.3 Å². The predicted molar refractivity (Wildman–Crippen MR) is 84.6 cm³/mol. The minimum Gasteiger partial charge on any atom is -0.457 e. The molecule has 2 aromatic carbocycles. The molecule has 1 unspecified atom stereocenters. The summed E-state index contributed by atoms with van der Waals surface area (Å²) in [4.78, 5) is 0. The lowest BCUT2D eigenvalue weighted by Gasteiger charge is -2.15. The Hall–Kier alpha value is -1.80. The van der Waals surface area contributed by atoms with Gasteiger partial charge in [0, 0.05) is 6.04 Å². The van der Waals surface area contributed by atoms with E-state index in [1.165, 1.54) is 22.3 Å². The van der Waals surface area contributed by atoms with Crippen LogP contribution in [0.1, 0.15) is 35.2 Å². The normalized spacial score (nSPS) is 12.2. The maximum absolute atomic E-state index is 6.08. The Labute approximate surface area is 121 Å².